The minimum Gasteiger partial charge on any atom is -0.399 e. The molecule has 2 atom stereocenters. The molecule has 0 bridgehead atoms. The van der Waals surface area contributed by atoms with Crippen LogP contribution in [0.25, 0.3) is 0 Å². The average Bonchev–Trinajstić information content (AvgIpc) is 2.36. The predicted molar refractivity (Wildman–Crippen MR) is 82.5 cm³/mol. The fourth-order valence-electron chi connectivity index (χ4n) is 4.16. The number of rotatable bonds is 1. The van der Waals surface area contributed by atoms with Crippen molar-refractivity contribution in [2.24, 2.45) is 11.8 Å². The molecule has 2 heteroatoms. The lowest BCUT2D eigenvalue weighted by molar-refractivity contribution is 0.258. The van der Waals surface area contributed by atoms with Crippen molar-refractivity contribution >= 4 is 11.4 Å². The van der Waals surface area contributed by atoms with Crippen LogP contribution in [-0.4, -0.2) is 12.6 Å². The van der Waals surface area contributed by atoms with E-state index < -0.39 is 0 Å². The highest BCUT2D eigenvalue weighted by Crippen LogP contribution is 2.37. The zero-order valence-corrected chi connectivity index (χ0v) is 12.2. The van der Waals surface area contributed by atoms with E-state index in [2.05, 4.69) is 36.9 Å². The first-order valence-corrected chi connectivity index (χ1v) is 7.78. The Labute approximate surface area is 117 Å². The van der Waals surface area contributed by atoms with E-state index in [-0.39, 0.29) is 0 Å². The molecule has 1 saturated carbocycles. The first-order chi connectivity index (χ1) is 9.13. The molecule has 1 aromatic rings. The molecule has 3 rings (SSSR count). The molecule has 2 N–H and O–H groups in total. The Bertz CT molecular complexity index is 445. The van der Waals surface area contributed by atoms with E-state index in [1.807, 2.05) is 0 Å². The van der Waals surface area contributed by atoms with E-state index in [1.54, 1.807) is 0 Å². The Balaban J connectivity index is 1.88. The molecule has 104 valence electrons. The topological polar surface area (TPSA) is 29.3 Å². The van der Waals surface area contributed by atoms with Gasteiger partial charge in [-0.1, -0.05) is 19.9 Å². The number of hydrogen-bond acceptors (Lipinski definition) is 2. The number of benzene rings is 1. The normalized spacial score (nSPS) is 31.1. The SMILES string of the molecule is CC1CC(C)CC(N2CCCc3ccc(N)cc32)C1. The first-order valence-electron chi connectivity index (χ1n) is 7.78. The van der Waals surface area contributed by atoms with Crippen LogP contribution in [0, 0.1) is 11.8 Å². The summed E-state index contributed by atoms with van der Waals surface area (Å²) in [4.78, 5) is 2.65. The molecule has 0 saturated heterocycles. The van der Waals surface area contributed by atoms with E-state index in [1.165, 1.54) is 49.9 Å². The number of anilines is 2. The summed E-state index contributed by atoms with van der Waals surface area (Å²) in [6.07, 6.45) is 6.59. The molecule has 1 fully saturated rings. The largest absolute Gasteiger partial charge is 0.399 e. The molecule has 1 aliphatic heterocycles. The van der Waals surface area contributed by atoms with E-state index in [4.69, 9.17) is 5.73 Å². The van der Waals surface area contributed by atoms with Crippen molar-refractivity contribution in [2.75, 3.05) is 17.2 Å². The van der Waals surface area contributed by atoms with Crippen LogP contribution in [0.5, 0.6) is 0 Å². The van der Waals surface area contributed by atoms with Crippen molar-refractivity contribution in [1.82, 2.24) is 0 Å². The summed E-state index contributed by atoms with van der Waals surface area (Å²) in [7, 11) is 0. The van der Waals surface area contributed by atoms with Crippen LogP contribution in [0.1, 0.15) is 45.1 Å². The number of aryl methyl sites for hydroxylation is 1. The van der Waals surface area contributed by atoms with Crippen LogP contribution in [0.2, 0.25) is 0 Å². The Morgan fingerprint density at radius 3 is 2.58 bits per heavy atom. The van der Waals surface area contributed by atoms with Gasteiger partial charge in [0.15, 0.2) is 0 Å². The second-order valence-corrected chi connectivity index (χ2v) is 6.76. The van der Waals surface area contributed by atoms with Crippen LogP contribution in [0.3, 0.4) is 0 Å². The van der Waals surface area contributed by atoms with Crippen molar-refractivity contribution < 1.29 is 0 Å². The number of nitrogen functional groups attached to an aromatic ring is 1. The second kappa shape index (κ2) is 5.07. The molecule has 0 spiro atoms. The van der Waals surface area contributed by atoms with Crippen molar-refractivity contribution in [3.63, 3.8) is 0 Å². The lowest BCUT2D eigenvalue weighted by atomic mass is 9.79. The minimum atomic E-state index is 0.722. The summed E-state index contributed by atoms with van der Waals surface area (Å²) in [5, 5.41) is 0. The third-order valence-corrected chi connectivity index (χ3v) is 4.86. The summed E-state index contributed by atoms with van der Waals surface area (Å²) in [6.45, 7) is 6.03. The monoisotopic (exact) mass is 258 g/mol. The number of hydrogen-bond donors (Lipinski definition) is 1. The van der Waals surface area contributed by atoms with Crippen molar-refractivity contribution in [3.8, 4) is 0 Å². The molecular weight excluding hydrogens is 232 g/mol. The third kappa shape index (κ3) is 2.58. The Morgan fingerprint density at radius 2 is 1.84 bits per heavy atom. The fraction of sp³-hybridized carbons (Fsp3) is 0.647. The highest BCUT2D eigenvalue weighted by Gasteiger charge is 2.30. The van der Waals surface area contributed by atoms with Gasteiger partial charge in [0.2, 0.25) is 0 Å². The number of nitrogens with zero attached hydrogens (tertiary/aromatic N) is 1. The zero-order valence-electron chi connectivity index (χ0n) is 12.2. The molecule has 1 aliphatic carbocycles. The van der Waals surface area contributed by atoms with Crippen molar-refractivity contribution in [3.05, 3.63) is 23.8 Å². The minimum absolute atomic E-state index is 0.722. The lowest BCUT2D eigenvalue weighted by Crippen LogP contribution is -2.43. The van der Waals surface area contributed by atoms with Gasteiger partial charge in [-0.2, -0.15) is 0 Å². The highest BCUT2D eigenvalue weighted by atomic mass is 15.2. The van der Waals surface area contributed by atoms with Gasteiger partial charge in [0.05, 0.1) is 0 Å². The van der Waals surface area contributed by atoms with E-state index >= 15 is 0 Å². The maximum absolute atomic E-state index is 6.00. The van der Waals surface area contributed by atoms with E-state index in [0.717, 1.165) is 23.6 Å². The Kier molecular flexibility index (Phi) is 3.42. The summed E-state index contributed by atoms with van der Waals surface area (Å²) in [5.74, 6) is 1.72. The maximum atomic E-state index is 6.00. The Hall–Kier alpha value is -1.18. The lowest BCUT2D eigenvalue weighted by Gasteiger charge is -2.43. The van der Waals surface area contributed by atoms with Gasteiger partial charge in [0.25, 0.3) is 0 Å². The van der Waals surface area contributed by atoms with Crippen molar-refractivity contribution in [2.45, 2.75) is 52.0 Å². The average molecular weight is 258 g/mol. The van der Waals surface area contributed by atoms with Gasteiger partial charge in [-0.25, -0.2) is 0 Å². The molecule has 1 aromatic carbocycles. The van der Waals surface area contributed by atoms with E-state index in [0.29, 0.717) is 0 Å². The summed E-state index contributed by atoms with van der Waals surface area (Å²) < 4.78 is 0. The van der Waals surface area contributed by atoms with Crippen LogP contribution in [0.15, 0.2) is 18.2 Å². The Morgan fingerprint density at radius 1 is 1.11 bits per heavy atom. The third-order valence-electron chi connectivity index (χ3n) is 4.86. The van der Waals surface area contributed by atoms with Crippen LogP contribution < -0.4 is 10.6 Å². The quantitative estimate of drug-likeness (QED) is 0.775. The molecule has 19 heavy (non-hydrogen) atoms. The number of nitrogens with two attached hydrogens (primary N) is 1. The molecule has 2 nitrogen and oxygen atoms in total. The van der Waals surface area contributed by atoms with Gasteiger partial charge in [-0.3, -0.25) is 0 Å². The smallest absolute Gasteiger partial charge is 0.0421 e. The van der Waals surface area contributed by atoms with Crippen LogP contribution in [0.4, 0.5) is 11.4 Å². The fourth-order valence-corrected chi connectivity index (χ4v) is 4.16. The molecule has 2 unspecified atom stereocenters. The van der Waals surface area contributed by atoms with Crippen LogP contribution in [-0.2, 0) is 6.42 Å². The number of fused-ring (bicyclic) bond motifs is 1. The first kappa shape index (κ1) is 12.8. The molecule has 1 heterocycles. The second-order valence-electron chi connectivity index (χ2n) is 6.76. The standard InChI is InChI=1S/C17H26N2/c1-12-8-13(2)10-16(9-12)19-7-3-4-14-5-6-15(18)11-17(14)19/h5-6,11-13,16H,3-4,7-10,18H2,1-2H3. The van der Waals surface area contributed by atoms with Crippen molar-refractivity contribution in [1.29, 1.82) is 0 Å². The van der Waals surface area contributed by atoms with Gasteiger partial charge in [0.1, 0.15) is 0 Å². The van der Waals surface area contributed by atoms with E-state index in [9.17, 15) is 0 Å². The molecule has 0 radical (unpaired) electrons. The van der Waals surface area contributed by atoms with Gasteiger partial charge >= 0.3 is 0 Å². The molecular formula is C17H26N2. The zero-order chi connectivity index (χ0) is 13.4. The maximum Gasteiger partial charge on any atom is 0.0421 e. The highest BCUT2D eigenvalue weighted by molar-refractivity contribution is 5.63. The molecule has 2 aliphatic rings. The molecule has 0 amide bonds. The van der Waals surface area contributed by atoms with Gasteiger partial charge < -0.3 is 10.6 Å². The summed E-state index contributed by atoms with van der Waals surface area (Å²) in [5.41, 5.74) is 9.81. The van der Waals surface area contributed by atoms with Gasteiger partial charge in [-0.15, -0.1) is 0 Å². The van der Waals surface area contributed by atoms with Gasteiger partial charge in [0, 0.05) is 24.0 Å². The summed E-state index contributed by atoms with van der Waals surface area (Å²) in [6, 6.07) is 7.19. The van der Waals surface area contributed by atoms with Gasteiger partial charge in [-0.05, 0) is 61.6 Å². The summed E-state index contributed by atoms with van der Waals surface area (Å²) >= 11 is 0. The van der Waals surface area contributed by atoms with Crippen LogP contribution >= 0.6 is 0 Å². The molecule has 0 aromatic heterocycles. The predicted octanol–water partition coefficient (Wildman–Crippen LogP) is 3.85.